The smallest absolute Gasteiger partial charge is 0.305 e. The van der Waals surface area contributed by atoms with E-state index in [0.717, 1.165) is 43.5 Å². The fraction of sp³-hybridized carbons (Fsp3) is 0.667. The van der Waals surface area contributed by atoms with Crippen molar-refractivity contribution < 1.29 is 23.5 Å². The molecule has 23 heavy (non-hydrogen) atoms. The summed E-state index contributed by atoms with van der Waals surface area (Å²) in [4.78, 5) is 23.0. The summed E-state index contributed by atoms with van der Waals surface area (Å²) in [5.74, 6) is -0.316. The maximum absolute atomic E-state index is 11.5. The minimum atomic E-state index is -0.158. The topological polar surface area (TPSA) is 52.6 Å². The van der Waals surface area contributed by atoms with E-state index < -0.39 is 0 Å². The van der Waals surface area contributed by atoms with Crippen LogP contribution >= 0.6 is 0 Å². The Morgan fingerprint density at radius 2 is 1.26 bits per heavy atom. The molecule has 0 amide bonds. The number of quaternary nitrogens is 1. The summed E-state index contributed by atoms with van der Waals surface area (Å²) in [5.41, 5.74) is 0. The van der Waals surface area contributed by atoms with Gasteiger partial charge in [0, 0.05) is 12.8 Å². The van der Waals surface area contributed by atoms with E-state index in [1.54, 1.807) is 0 Å². The highest BCUT2D eigenvalue weighted by atomic mass is 16.5. The molecule has 0 saturated carbocycles. The van der Waals surface area contributed by atoms with Crippen molar-refractivity contribution in [1.29, 1.82) is 0 Å². The van der Waals surface area contributed by atoms with Gasteiger partial charge in [-0.1, -0.05) is 13.2 Å². The Morgan fingerprint density at radius 1 is 0.870 bits per heavy atom. The van der Waals surface area contributed by atoms with Gasteiger partial charge in [0.15, 0.2) is 0 Å². The number of hydrogen-bond donors (Lipinski definition) is 0. The zero-order valence-electron chi connectivity index (χ0n) is 14.7. The van der Waals surface area contributed by atoms with Crippen molar-refractivity contribution in [2.75, 3.05) is 39.4 Å². The van der Waals surface area contributed by atoms with Crippen LogP contribution in [-0.4, -0.2) is 55.8 Å². The van der Waals surface area contributed by atoms with Crippen molar-refractivity contribution in [1.82, 2.24) is 0 Å². The van der Waals surface area contributed by atoms with Crippen molar-refractivity contribution in [2.24, 2.45) is 0 Å². The summed E-state index contributed by atoms with van der Waals surface area (Å²) in [6, 6.07) is 0. The second kappa shape index (κ2) is 12.9. The Morgan fingerprint density at radius 3 is 1.57 bits per heavy atom. The highest BCUT2D eigenvalue weighted by Crippen LogP contribution is 2.14. The van der Waals surface area contributed by atoms with Crippen molar-refractivity contribution in [2.45, 2.75) is 39.5 Å². The molecule has 5 heteroatoms. The van der Waals surface area contributed by atoms with Crippen molar-refractivity contribution in [3.05, 3.63) is 25.3 Å². The van der Waals surface area contributed by atoms with E-state index in [9.17, 15) is 9.59 Å². The number of carbonyl (C=O) groups excluding carboxylic acids is 2. The Kier molecular flexibility index (Phi) is 12.0. The lowest BCUT2D eigenvalue weighted by Crippen LogP contribution is -2.49. The van der Waals surface area contributed by atoms with Crippen LogP contribution in [0.5, 0.6) is 0 Å². The fourth-order valence-corrected chi connectivity index (χ4v) is 2.68. The van der Waals surface area contributed by atoms with Crippen molar-refractivity contribution >= 4 is 11.9 Å². The predicted molar refractivity (Wildman–Crippen MR) is 91.9 cm³/mol. The normalized spacial score (nSPS) is 10.9. The number of carbonyl (C=O) groups is 2. The molecule has 0 radical (unpaired) electrons. The standard InChI is InChI=1S/C18H32NO4/c1-5-13-19(14-6-2,15-9-11-17(20)22-7-3)16-10-12-18(21)23-8-4/h5-6H,1-2,7-16H2,3-4H3/q+1. The Balaban J connectivity index is 4.54. The van der Waals surface area contributed by atoms with E-state index >= 15 is 0 Å². The molecule has 0 aliphatic heterocycles. The van der Waals surface area contributed by atoms with Crippen molar-refractivity contribution in [3.63, 3.8) is 0 Å². The first-order valence-corrected chi connectivity index (χ1v) is 8.41. The third-order valence-electron chi connectivity index (χ3n) is 3.67. The molecule has 0 fully saturated rings. The van der Waals surface area contributed by atoms with E-state index in [1.165, 1.54) is 0 Å². The fourth-order valence-electron chi connectivity index (χ4n) is 2.68. The zero-order chi connectivity index (χ0) is 17.6. The molecule has 0 atom stereocenters. The quantitative estimate of drug-likeness (QED) is 0.280. The first-order chi connectivity index (χ1) is 11.0. The molecule has 0 heterocycles. The van der Waals surface area contributed by atoms with E-state index in [0.29, 0.717) is 26.1 Å². The molecule has 0 aromatic heterocycles. The highest BCUT2D eigenvalue weighted by Gasteiger charge is 2.25. The van der Waals surface area contributed by atoms with E-state index in [2.05, 4.69) is 13.2 Å². The maximum atomic E-state index is 11.5. The summed E-state index contributed by atoms with van der Waals surface area (Å²) < 4.78 is 10.7. The largest absolute Gasteiger partial charge is 0.466 e. The molecule has 0 bridgehead atoms. The van der Waals surface area contributed by atoms with Crippen LogP contribution in [0.25, 0.3) is 0 Å². The van der Waals surface area contributed by atoms with Gasteiger partial charge in [0.05, 0.1) is 52.2 Å². The average molecular weight is 326 g/mol. The van der Waals surface area contributed by atoms with Gasteiger partial charge in [0.25, 0.3) is 0 Å². The second-order valence-corrected chi connectivity index (χ2v) is 5.55. The lowest BCUT2D eigenvalue weighted by Gasteiger charge is -2.37. The Labute approximate surface area is 140 Å². The molecule has 0 aromatic rings. The van der Waals surface area contributed by atoms with Crippen LogP contribution < -0.4 is 0 Å². The SMILES string of the molecule is C=CC[N+](CC=C)(CCCC(=O)OCC)CCCC(=O)OCC. The Hall–Kier alpha value is -1.62. The molecule has 0 rings (SSSR count). The van der Waals surface area contributed by atoms with E-state index in [1.807, 2.05) is 26.0 Å². The molecule has 0 N–H and O–H groups in total. The number of esters is 2. The zero-order valence-corrected chi connectivity index (χ0v) is 14.7. The summed E-state index contributed by atoms with van der Waals surface area (Å²) in [6.07, 6.45) is 6.11. The molecule has 0 aromatic carbocycles. The van der Waals surface area contributed by atoms with Crippen molar-refractivity contribution in [3.8, 4) is 0 Å². The summed E-state index contributed by atoms with van der Waals surface area (Å²) in [5, 5.41) is 0. The molecular formula is C18H32NO4+. The number of nitrogens with zero attached hydrogens (tertiary/aromatic N) is 1. The van der Waals surface area contributed by atoms with Crippen LogP contribution in [0, 0.1) is 0 Å². The van der Waals surface area contributed by atoms with Crippen LogP contribution in [0.15, 0.2) is 25.3 Å². The Bertz CT molecular complexity index is 343. The highest BCUT2D eigenvalue weighted by molar-refractivity contribution is 5.69. The first-order valence-electron chi connectivity index (χ1n) is 8.41. The van der Waals surface area contributed by atoms with Crippen LogP contribution in [0.4, 0.5) is 0 Å². The first kappa shape index (κ1) is 21.4. The average Bonchev–Trinajstić information content (AvgIpc) is 2.48. The monoisotopic (exact) mass is 326 g/mol. The van der Waals surface area contributed by atoms with Gasteiger partial charge in [-0.05, 0) is 26.0 Å². The van der Waals surface area contributed by atoms with Gasteiger partial charge in [0.2, 0.25) is 0 Å². The van der Waals surface area contributed by atoms with Gasteiger partial charge >= 0.3 is 11.9 Å². The molecule has 132 valence electrons. The van der Waals surface area contributed by atoms with Crippen LogP contribution in [-0.2, 0) is 19.1 Å². The summed E-state index contributed by atoms with van der Waals surface area (Å²) >= 11 is 0. The van der Waals surface area contributed by atoms with Crippen LogP contribution in [0.2, 0.25) is 0 Å². The summed E-state index contributed by atoms with van der Waals surface area (Å²) in [6.45, 7) is 15.4. The van der Waals surface area contributed by atoms with Gasteiger partial charge in [-0.15, -0.1) is 0 Å². The lowest BCUT2D eigenvalue weighted by atomic mass is 10.2. The van der Waals surface area contributed by atoms with Gasteiger partial charge in [-0.2, -0.15) is 0 Å². The van der Waals surface area contributed by atoms with Gasteiger partial charge in [-0.25, -0.2) is 0 Å². The third-order valence-corrected chi connectivity index (χ3v) is 3.67. The number of rotatable bonds is 14. The van der Waals surface area contributed by atoms with Gasteiger partial charge < -0.3 is 14.0 Å². The summed E-state index contributed by atoms with van der Waals surface area (Å²) in [7, 11) is 0. The molecule has 0 aliphatic rings. The third kappa shape index (κ3) is 9.89. The minimum Gasteiger partial charge on any atom is -0.466 e. The predicted octanol–water partition coefficient (Wildman–Crippen LogP) is 2.86. The molecular weight excluding hydrogens is 294 g/mol. The molecule has 0 spiro atoms. The molecule has 0 saturated heterocycles. The van der Waals surface area contributed by atoms with E-state index in [4.69, 9.17) is 9.47 Å². The molecule has 5 nitrogen and oxygen atoms in total. The molecule has 0 unspecified atom stereocenters. The van der Waals surface area contributed by atoms with Gasteiger partial charge in [-0.3, -0.25) is 9.59 Å². The van der Waals surface area contributed by atoms with Crippen LogP contribution in [0.1, 0.15) is 39.5 Å². The number of ether oxygens (including phenoxy) is 2. The second-order valence-electron chi connectivity index (χ2n) is 5.55. The maximum Gasteiger partial charge on any atom is 0.305 e. The number of hydrogen-bond acceptors (Lipinski definition) is 4. The van der Waals surface area contributed by atoms with E-state index in [-0.39, 0.29) is 11.9 Å². The lowest BCUT2D eigenvalue weighted by molar-refractivity contribution is -0.917. The molecule has 0 aliphatic carbocycles. The minimum absolute atomic E-state index is 0.158. The van der Waals surface area contributed by atoms with Crippen LogP contribution in [0.3, 0.4) is 0 Å². The van der Waals surface area contributed by atoms with Gasteiger partial charge in [0.1, 0.15) is 0 Å².